The van der Waals surface area contributed by atoms with Crippen molar-refractivity contribution in [1.29, 1.82) is 0 Å². The van der Waals surface area contributed by atoms with Crippen LogP contribution in [-0.2, 0) is 21.1 Å². The van der Waals surface area contributed by atoms with Gasteiger partial charge in [0.2, 0.25) is 0 Å². The first-order chi connectivity index (χ1) is 17.5. The molecule has 2 unspecified atom stereocenters. The number of methoxy groups -OCH3 is 2. The van der Waals surface area contributed by atoms with Gasteiger partial charge in [0.05, 0.1) is 0 Å². The van der Waals surface area contributed by atoms with E-state index in [1.807, 2.05) is 48.5 Å². The second-order valence-electron chi connectivity index (χ2n) is 10.7. The van der Waals surface area contributed by atoms with Gasteiger partial charge in [0, 0.05) is 0 Å². The zero-order valence-corrected chi connectivity index (χ0v) is 26.4. The SMILES string of the molecule is COc1ccccc1[O][Zr]([O]c1ccccc1OC)([C]1(C)C=C(C)C(C)=C1C)[C]1(C)C=C(C)C(C)=C1C. The van der Waals surface area contributed by atoms with Crippen LogP contribution in [-0.4, -0.2) is 14.2 Å². The van der Waals surface area contributed by atoms with Gasteiger partial charge in [-0.05, 0) is 0 Å². The standard InChI is InChI=1S/2C9H13.2C7H8O2.Zr/c2*1-6-5-7(2)9(4)8(6)3;2*1-9-7-5-3-2-4-6(7)8;/h2*5H,1-4H3;2*2-5,8H,1H3;/q;;;;+2/p-2. The summed E-state index contributed by atoms with van der Waals surface area (Å²) in [7, 11) is 3.38. The molecule has 37 heavy (non-hydrogen) atoms. The van der Waals surface area contributed by atoms with Crippen molar-refractivity contribution in [3.8, 4) is 23.0 Å². The van der Waals surface area contributed by atoms with Gasteiger partial charge in [-0.25, -0.2) is 0 Å². The van der Waals surface area contributed by atoms with Crippen LogP contribution < -0.4 is 15.1 Å². The summed E-state index contributed by atoms with van der Waals surface area (Å²) in [5.41, 5.74) is 7.75. The van der Waals surface area contributed by atoms with E-state index in [1.165, 1.54) is 33.4 Å². The quantitative estimate of drug-likeness (QED) is 0.313. The average molecular weight is 580 g/mol. The number of hydrogen-bond acceptors (Lipinski definition) is 4. The Kier molecular flexibility index (Phi) is 7.43. The minimum atomic E-state index is -4.62. The van der Waals surface area contributed by atoms with Crippen LogP contribution in [0.5, 0.6) is 23.0 Å². The zero-order valence-electron chi connectivity index (χ0n) is 23.9. The third-order valence-corrected chi connectivity index (χ3v) is 20.7. The Balaban J connectivity index is 2.13. The summed E-state index contributed by atoms with van der Waals surface area (Å²) in [6.45, 7) is 17.9. The van der Waals surface area contributed by atoms with E-state index < -0.39 is 27.4 Å². The maximum absolute atomic E-state index is 7.49. The van der Waals surface area contributed by atoms with Crippen LogP contribution >= 0.6 is 0 Å². The fourth-order valence-electron chi connectivity index (χ4n) is 6.05. The van der Waals surface area contributed by atoms with Crippen molar-refractivity contribution < 1.29 is 36.2 Å². The molecule has 0 fully saturated rings. The molecule has 0 saturated carbocycles. The fraction of sp³-hybridized carbons (Fsp3) is 0.375. The average Bonchev–Trinajstić information content (AvgIpc) is 3.22. The van der Waals surface area contributed by atoms with Crippen molar-refractivity contribution in [2.24, 2.45) is 0 Å². The molecular weight excluding hydrogens is 540 g/mol. The Morgan fingerprint density at radius 2 is 0.865 bits per heavy atom. The molecule has 2 aromatic carbocycles. The molecule has 4 nitrogen and oxygen atoms in total. The van der Waals surface area contributed by atoms with Crippen molar-refractivity contribution in [2.45, 2.75) is 61.6 Å². The van der Waals surface area contributed by atoms with Gasteiger partial charge in [0.15, 0.2) is 0 Å². The number of ether oxygens (including phenoxy) is 2. The van der Waals surface area contributed by atoms with Crippen molar-refractivity contribution >= 4 is 0 Å². The van der Waals surface area contributed by atoms with Crippen molar-refractivity contribution in [2.75, 3.05) is 14.2 Å². The fourth-order valence-corrected chi connectivity index (χ4v) is 18.6. The summed E-state index contributed by atoms with van der Waals surface area (Å²) < 4.78 is 25.7. The van der Waals surface area contributed by atoms with Crippen LogP contribution in [0.1, 0.15) is 55.4 Å². The molecule has 0 saturated heterocycles. The Morgan fingerprint density at radius 3 is 1.14 bits per heavy atom. The predicted octanol–water partition coefficient (Wildman–Crippen LogP) is 9.10. The molecule has 0 bridgehead atoms. The molecule has 0 heterocycles. The monoisotopic (exact) mass is 578 g/mol. The normalized spacial score (nSPS) is 23.7. The molecule has 0 aliphatic heterocycles. The number of hydrogen-bond donors (Lipinski definition) is 0. The second-order valence-corrected chi connectivity index (χ2v) is 19.8. The molecule has 0 amide bonds. The number of benzene rings is 2. The predicted molar refractivity (Wildman–Crippen MR) is 148 cm³/mol. The molecule has 0 aromatic heterocycles. The summed E-state index contributed by atoms with van der Waals surface area (Å²) in [6, 6.07) is 15.8. The first-order valence-corrected chi connectivity index (χ1v) is 17.3. The van der Waals surface area contributed by atoms with Gasteiger partial charge in [0.25, 0.3) is 0 Å². The number of rotatable bonds is 8. The molecule has 2 atom stereocenters. The van der Waals surface area contributed by atoms with E-state index in [1.54, 1.807) is 14.2 Å². The third kappa shape index (κ3) is 4.14. The van der Waals surface area contributed by atoms with E-state index in [-0.39, 0.29) is 0 Å². The Bertz CT molecular complexity index is 1240. The topological polar surface area (TPSA) is 36.9 Å². The van der Waals surface area contributed by atoms with Crippen molar-refractivity contribution in [3.63, 3.8) is 0 Å². The molecule has 2 aliphatic rings. The van der Waals surface area contributed by atoms with Gasteiger partial charge < -0.3 is 0 Å². The Morgan fingerprint density at radius 1 is 0.541 bits per heavy atom. The van der Waals surface area contributed by atoms with Gasteiger partial charge in [-0.15, -0.1) is 0 Å². The summed E-state index contributed by atoms with van der Waals surface area (Å²) in [5.74, 6) is 2.83. The van der Waals surface area contributed by atoms with Gasteiger partial charge in [-0.3, -0.25) is 0 Å². The third-order valence-electron chi connectivity index (χ3n) is 8.89. The van der Waals surface area contributed by atoms with Gasteiger partial charge >= 0.3 is 229 Å². The summed E-state index contributed by atoms with van der Waals surface area (Å²) in [4.78, 5) is 0. The van der Waals surface area contributed by atoms with E-state index in [2.05, 4.69) is 67.5 Å². The molecule has 4 rings (SSSR count). The van der Waals surface area contributed by atoms with Crippen LogP contribution in [0, 0.1) is 0 Å². The zero-order chi connectivity index (χ0) is 27.2. The van der Waals surface area contributed by atoms with E-state index in [4.69, 9.17) is 15.1 Å². The molecule has 0 spiro atoms. The molecule has 2 aliphatic carbocycles. The van der Waals surface area contributed by atoms with Crippen molar-refractivity contribution in [3.05, 3.63) is 94.1 Å². The summed E-state index contributed by atoms with van der Waals surface area (Å²) in [6.07, 6.45) is 4.79. The summed E-state index contributed by atoms with van der Waals surface area (Å²) >= 11 is -4.62. The van der Waals surface area contributed by atoms with E-state index in [0.29, 0.717) is 23.0 Å². The van der Waals surface area contributed by atoms with E-state index in [9.17, 15) is 0 Å². The Labute approximate surface area is 228 Å². The van der Waals surface area contributed by atoms with E-state index in [0.717, 1.165) is 0 Å². The molecule has 0 radical (unpaired) electrons. The van der Waals surface area contributed by atoms with Gasteiger partial charge in [-0.2, -0.15) is 0 Å². The van der Waals surface area contributed by atoms with Crippen LogP contribution in [0.2, 0.25) is 6.25 Å². The molecular formula is C32H40O4Zr. The first-order valence-electron chi connectivity index (χ1n) is 12.9. The van der Waals surface area contributed by atoms with Gasteiger partial charge in [-0.1, -0.05) is 0 Å². The van der Waals surface area contributed by atoms with Crippen LogP contribution in [0.4, 0.5) is 0 Å². The Hall–Kier alpha value is -2.52. The van der Waals surface area contributed by atoms with Crippen molar-refractivity contribution in [1.82, 2.24) is 0 Å². The molecule has 0 N–H and O–H groups in total. The number of allylic oxidation sites excluding steroid dienone is 8. The van der Waals surface area contributed by atoms with Crippen LogP contribution in [0.25, 0.3) is 0 Å². The second kappa shape index (κ2) is 9.99. The van der Waals surface area contributed by atoms with E-state index >= 15 is 0 Å². The molecule has 196 valence electrons. The number of para-hydroxylation sites is 4. The minimum absolute atomic E-state index is 0.429. The first kappa shape index (κ1) is 27.5. The van der Waals surface area contributed by atoms with Gasteiger partial charge in [0.1, 0.15) is 0 Å². The van der Waals surface area contributed by atoms with Crippen LogP contribution in [0.3, 0.4) is 0 Å². The molecule has 5 heteroatoms. The molecule has 2 aromatic rings. The summed E-state index contributed by atoms with van der Waals surface area (Å²) in [5, 5.41) is 0. The maximum atomic E-state index is 7.49. The van der Waals surface area contributed by atoms with Crippen LogP contribution in [0.15, 0.2) is 94.1 Å².